The van der Waals surface area contributed by atoms with Crippen LogP contribution in [0.2, 0.25) is 0 Å². The summed E-state index contributed by atoms with van der Waals surface area (Å²) in [5.74, 6) is -0.686. The third-order valence-electron chi connectivity index (χ3n) is 2.68. The Kier molecular flexibility index (Phi) is 5.26. The molecule has 1 aliphatic rings. The SMILES string of the molecule is CN(C(=O)N(CC(=O)O)CC(=O)O)C1CCSC1. The molecule has 1 unspecified atom stereocenters. The van der Waals surface area contributed by atoms with Gasteiger partial charge in [0, 0.05) is 18.8 Å². The maximum atomic E-state index is 12.0. The molecule has 1 aliphatic heterocycles. The van der Waals surface area contributed by atoms with Crippen molar-refractivity contribution in [2.24, 2.45) is 0 Å². The van der Waals surface area contributed by atoms with Gasteiger partial charge in [0.25, 0.3) is 0 Å². The van der Waals surface area contributed by atoms with E-state index < -0.39 is 31.1 Å². The fourth-order valence-corrected chi connectivity index (χ4v) is 2.99. The Morgan fingerprint density at radius 1 is 1.22 bits per heavy atom. The van der Waals surface area contributed by atoms with E-state index in [1.165, 1.54) is 4.90 Å². The van der Waals surface area contributed by atoms with Gasteiger partial charge in [-0.15, -0.1) is 0 Å². The molecule has 0 aromatic heterocycles. The summed E-state index contributed by atoms with van der Waals surface area (Å²) in [6.07, 6.45) is 0.848. The molecular weight excluding hydrogens is 260 g/mol. The molecule has 0 aromatic carbocycles. The third kappa shape index (κ3) is 4.10. The summed E-state index contributed by atoms with van der Waals surface area (Å²) in [7, 11) is 1.58. The van der Waals surface area contributed by atoms with Crippen molar-refractivity contribution in [1.82, 2.24) is 9.80 Å². The third-order valence-corrected chi connectivity index (χ3v) is 3.82. The highest BCUT2D eigenvalue weighted by molar-refractivity contribution is 7.99. The number of thioether (sulfide) groups is 1. The Hall–Kier alpha value is -1.44. The van der Waals surface area contributed by atoms with Gasteiger partial charge >= 0.3 is 18.0 Å². The van der Waals surface area contributed by atoms with Crippen LogP contribution in [0.3, 0.4) is 0 Å². The quantitative estimate of drug-likeness (QED) is 0.734. The van der Waals surface area contributed by atoms with Gasteiger partial charge in [-0.3, -0.25) is 9.59 Å². The molecule has 18 heavy (non-hydrogen) atoms. The second kappa shape index (κ2) is 6.48. The standard InChI is InChI=1S/C10H16N2O5S/c1-11(7-2-3-18-6-7)10(17)12(4-8(13)14)5-9(15)16/h7H,2-6H2,1H3,(H,13,14)(H,15,16). The molecule has 2 amide bonds. The van der Waals surface area contributed by atoms with Crippen LogP contribution in [-0.2, 0) is 9.59 Å². The first-order chi connectivity index (χ1) is 8.41. The maximum Gasteiger partial charge on any atom is 0.323 e. The Morgan fingerprint density at radius 3 is 2.17 bits per heavy atom. The van der Waals surface area contributed by atoms with Crippen molar-refractivity contribution in [3.8, 4) is 0 Å². The number of amides is 2. The Bertz CT molecular complexity index is 327. The minimum absolute atomic E-state index is 0.0487. The monoisotopic (exact) mass is 276 g/mol. The first-order valence-electron chi connectivity index (χ1n) is 5.45. The van der Waals surface area contributed by atoms with Gasteiger partial charge < -0.3 is 20.0 Å². The summed E-state index contributed by atoms with van der Waals surface area (Å²) < 4.78 is 0. The van der Waals surface area contributed by atoms with E-state index in [9.17, 15) is 14.4 Å². The molecule has 1 saturated heterocycles. The molecular formula is C10H16N2O5S. The van der Waals surface area contributed by atoms with Crippen molar-refractivity contribution in [2.75, 3.05) is 31.6 Å². The predicted molar refractivity (Wildman–Crippen MR) is 65.7 cm³/mol. The van der Waals surface area contributed by atoms with Crippen LogP contribution in [0.5, 0.6) is 0 Å². The number of nitrogens with zero attached hydrogens (tertiary/aromatic N) is 2. The Morgan fingerprint density at radius 2 is 1.78 bits per heavy atom. The molecule has 0 radical (unpaired) electrons. The van der Waals surface area contributed by atoms with Crippen molar-refractivity contribution >= 4 is 29.7 Å². The number of hydrogen-bond donors (Lipinski definition) is 2. The van der Waals surface area contributed by atoms with E-state index in [2.05, 4.69) is 0 Å². The van der Waals surface area contributed by atoms with E-state index in [0.717, 1.165) is 22.8 Å². The maximum absolute atomic E-state index is 12.0. The van der Waals surface area contributed by atoms with Crippen molar-refractivity contribution in [3.05, 3.63) is 0 Å². The highest BCUT2D eigenvalue weighted by Crippen LogP contribution is 2.22. The molecule has 7 nitrogen and oxygen atoms in total. The average Bonchev–Trinajstić information content (AvgIpc) is 2.78. The fourth-order valence-electron chi connectivity index (χ4n) is 1.72. The van der Waals surface area contributed by atoms with E-state index in [-0.39, 0.29) is 6.04 Å². The van der Waals surface area contributed by atoms with Gasteiger partial charge in [0.05, 0.1) is 0 Å². The number of carboxylic acids is 2. The number of urea groups is 1. The van der Waals surface area contributed by atoms with Gasteiger partial charge in [-0.2, -0.15) is 11.8 Å². The largest absolute Gasteiger partial charge is 0.480 e. The molecule has 1 fully saturated rings. The molecule has 8 heteroatoms. The lowest BCUT2D eigenvalue weighted by molar-refractivity contribution is -0.140. The zero-order valence-electron chi connectivity index (χ0n) is 10.0. The fraction of sp³-hybridized carbons (Fsp3) is 0.700. The number of carbonyl (C=O) groups is 3. The van der Waals surface area contributed by atoms with Gasteiger partial charge in [0.15, 0.2) is 0 Å². The minimum atomic E-state index is -1.22. The van der Waals surface area contributed by atoms with Crippen molar-refractivity contribution in [2.45, 2.75) is 12.5 Å². The van der Waals surface area contributed by atoms with Crippen LogP contribution in [0, 0.1) is 0 Å². The van der Waals surface area contributed by atoms with E-state index in [4.69, 9.17) is 10.2 Å². The molecule has 1 heterocycles. The molecule has 0 saturated carbocycles. The molecule has 0 aromatic rings. The summed E-state index contributed by atoms with van der Waals surface area (Å²) >= 11 is 1.72. The molecule has 2 N–H and O–H groups in total. The Labute approximate surface area is 109 Å². The molecule has 1 atom stereocenters. The first-order valence-corrected chi connectivity index (χ1v) is 6.60. The summed E-state index contributed by atoms with van der Waals surface area (Å²) in [5, 5.41) is 17.4. The van der Waals surface area contributed by atoms with Gasteiger partial charge in [-0.25, -0.2) is 4.79 Å². The lowest BCUT2D eigenvalue weighted by atomic mass is 10.2. The topological polar surface area (TPSA) is 98.2 Å². The van der Waals surface area contributed by atoms with E-state index in [1.54, 1.807) is 18.8 Å². The van der Waals surface area contributed by atoms with Crippen LogP contribution < -0.4 is 0 Å². The smallest absolute Gasteiger partial charge is 0.323 e. The summed E-state index contributed by atoms with van der Waals surface area (Å²) in [5.41, 5.74) is 0. The van der Waals surface area contributed by atoms with Crippen molar-refractivity contribution in [3.63, 3.8) is 0 Å². The predicted octanol–water partition coefficient (Wildman–Crippen LogP) is 0.0149. The summed E-state index contributed by atoms with van der Waals surface area (Å²) in [6.45, 7) is -1.20. The molecule has 1 rings (SSSR count). The van der Waals surface area contributed by atoms with Gasteiger partial charge in [-0.05, 0) is 12.2 Å². The second-order valence-corrected chi connectivity index (χ2v) is 5.20. The number of rotatable bonds is 5. The zero-order valence-corrected chi connectivity index (χ0v) is 10.9. The zero-order chi connectivity index (χ0) is 13.7. The second-order valence-electron chi connectivity index (χ2n) is 4.05. The van der Waals surface area contributed by atoms with E-state index in [1.807, 2.05) is 0 Å². The number of aliphatic carboxylic acids is 2. The van der Waals surface area contributed by atoms with E-state index in [0.29, 0.717) is 0 Å². The molecule has 0 spiro atoms. The lowest BCUT2D eigenvalue weighted by Crippen LogP contribution is -2.49. The number of carbonyl (C=O) groups excluding carboxylic acids is 1. The van der Waals surface area contributed by atoms with Crippen molar-refractivity contribution < 1.29 is 24.6 Å². The summed E-state index contributed by atoms with van der Waals surface area (Å²) in [4.78, 5) is 35.5. The van der Waals surface area contributed by atoms with Crippen LogP contribution in [-0.4, -0.2) is 75.7 Å². The number of hydrogen-bond acceptors (Lipinski definition) is 4. The molecule has 0 bridgehead atoms. The highest BCUT2D eigenvalue weighted by Gasteiger charge is 2.29. The Balaban J connectivity index is 2.67. The van der Waals surface area contributed by atoms with Crippen LogP contribution >= 0.6 is 11.8 Å². The molecule has 102 valence electrons. The van der Waals surface area contributed by atoms with Gasteiger partial charge in [0.2, 0.25) is 0 Å². The lowest BCUT2D eigenvalue weighted by Gasteiger charge is -2.29. The molecule has 0 aliphatic carbocycles. The summed E-state index contributed by atoms with van der Waals surface area (Å²) in [6, 6.07) is -0.500. The van der Waals surface area contributed by atoms with Gasteiger partial charge in [0.1, 0.15) is 13.1 Å². The van der Waals surface area contributed by atoms with Crippen LogP contribution in [0.15, 0.2) is 0 Å². The van der Waals surface area contributed by atoms with Crippen LogP contribution in [0.1, 0.15) is 6.42 Å². The normalized spacial score (nSPS) is 18.4. The van der Waals surface area contributed by atoms with Crippen LogP contribution in [0.25, 0.3) is 0 Å². The van der Waals surface area contributed by atoms with Crippen LogP contribution in [0.4, 0.5) is 4.79 Å². The van der Waals surface area contributed by atoms with Crippen molar-refractivity contribution in [1.29, 1.82) is 0 Å². The van der Waals surface area contributed by atoms with Gasteiger partial charge in [-0.1, -0.05) is 0 Å². The van der Waals surface area contributed by atoms with E-state index >= 15 is 0 Å². The minimum Gasteiger partial charge on any atom is -0.480 e. The first kappa shape index (κ1) is 14.6. The average molecular weight is 276 g/mol. The highest BCUT2D eigenvalue weighted by atomic mass is 32.2. The number of carboxylic acid groups (broad SMARTS) is 2.